The summed E-state index contributed by atoms with van der Waals surface area (Å²) in [5.74, 6) is -0.808. The van der Waals surface area contributed by atoms with Crippen molar-refractivity contribution in [1.29, 1.82) is 5.26 Å². The number of rotatable bonds is 6. The molecule has 1 aliphatic heterocycles. The molecule has 2 aliphatic rings. The van der Waals surface area contributed by atoms with Gasteiger partial charge >= 0.3 is 0 Å². The minimum absolute atomic E-state index is 0.0761. The molecule has 2 heterocycles. The van der Waals surface area contributed by atoms with Crippen LogP contribution in [-0.4, -0.2) is 41.6 Å². The maximum Gasteiger partial charge on any atom is 0.228 e. The number of hydrogen-bond donors (Lipinski definition) is 2. The molecule has 9 heteroatoms. The lowest BCUT2D eigenvalue weighted by Gasteiger charge is -2.35. The van der Waals surface area contributed by atoms with Gasteiger partial charge in [-0.1, -0.05) is 38.1 Å². The number of nitrogens with zero attached hydrogens (tertiary/aromatic N) is 2. The normalized spacial score (nSPS) is 20.4. The molecule has 1 aromatic heterocycles. The number of sulfone groups is 1. The molecule has 0 atom stereocenters. The lowest BCUT2D eigenvalue weighted by molar-refractivity contribution is -0.123. The van der Waals surface area contributed by atoms with Crippen molar-refractivity contribution in [2.45, 2.75) is 57.8 Å². The molecule has 1 aliphatic carbocycles. The van der Waals surface area contributed by atoms with Crippen molar-refractivity contribution in [2.75, 3.05) is 11.5 Å². The maximum absolute atomic E-state index is 12.9. The van der Waals surface area contributed by atoms with Gasteiger partial charge in [0.1, 0.15) is 21.6 Å². The summed E-state index contributed by atoms with van der Waals surface area (Å²) in [4.78, 5) is 32.4. The number of Topliss-reactive ketones (excluding diaryl/α,β-unsaturated/α-hetero) is 1. The summed E-state index contributed by atoms with van der Waals surface area (Å²) in [5.41, 5.74) is 8.68. The molecule has 35 heavy (non-hydrogen) atoms. The first-order valence-corrected chi connectivity index (χ1v) is 13.6. The van der Waals surface area contributed by atoms with E-state index in [2.05, 4.69) is 29.9 Å². The van der Waals surface area contributed by atoms with Gasteiger partial charge in [0.15, 0.2) is 5.82 Å². The molecule has 0 radical (unpaired) electrons. The van der Waals surface area contributed by atoms with Gasteiger partial charge < -0.3 is 10.7 Å². The summed E-state index contributed by atoms with van der Waals surface area (Å²) < 4.78 is 24.1. The summed E-state index contributed by atoms with van der Waals surface area (Å²) in [7, 11) is -3.19. The van der Waals surface area contributed by atoms with E-state index in [0.717, 1.165) is 36.0 Å². The lowest BCUT2D eigenvalue weighted by Crippen LogP contribution is -2.47. The van der Waals surface area contributed by atoms with E-state index < -0.39 is 21.2 Å². The molecule has 1 amide bonds. The minimum Gasteiger partial charge on any atom is -0.369 e. The largest absolute Gasteiger partial charge is 0.369 e. The number of ketones is 1. The number of nitrogens with two attached hydrogens (primary N) is 1. The van der Waals surface area contributed by atoms with Crippen molar-refractivity contribution < 1.29 is 18.0 Å². The number of aromatic nitrogens is 2. The van der Waals surface area contributed by atoms with Crippen LogP contribution in [0, 0.1) is 16.7 Å². The molecule has 0 spiro atoms. The third-order valence-corrected chi connectivity index (χ3v) is 9.10. The summed E-state index contributed by atoms with van der Waals surface area (Å²) in [5, 5.41) is 9.02. The Kier molecular flexibility index (Phi) is 6.45. The summed E-state index contributed by atoms with van der Waals surface area (Å²) in [6.07, 6.45) is 6.61. The highest BCUT2D eigenvalue weighted by molar-refractivity contribution is 7.91. The van der Waals surface area contributed by atoms with E-state index in [-0.39, 0.29) is 53.5 Å². The number of amides is 1. The number of allylic oxidation sites excluding steroid dienone is 2. The topological polar surface area (TPSA) is 147 Å². The molecular weight excluding hydrogens is 464 g/mol. The molecule has 0 saturated carbocycles. The van der Waals surface area contributed by atoms with Crippen LogP contribution in [0.4, 0.5) is 0 Å². The monoisotopic (exact) mass is 494 g/mol. The van der Waals surface area contributed by atoms with Crippen LogP contribution in [0.5, 0.6) is 0 Å². The fourth-order valence-electron chi connectivity index (χ4n) is 4.99. The number of H-pyrrole nitrogens is 1. The van der Waals surface area contributed by atoms with E-state index in [0.29, 0.717) is 5.56 Å². The molecule has 0 bridgehead atoms. The zero-order chi connectivity index (χ0) is 25.4. The summed E-state index contributed by atoms with van der Waals surface area (Å²) in [6.45, 7) is 4.44. The highest BCUT2D eigenvalue weighted by atomic mass is 32.2. The van der Waals surface area contributed by atoms with Gasteiger partial charge in [-0.05, 0) is 59.8 Å². The van der Waals surface area contributed by atoms with Crippen molar-refractivity contribution in [3.63, 3.8) is 0 Å². The molecule has 0 unspecified atom stereocenters. The van der Waals surface area contributed by atoms with Crippen molar-refractivity contribution in [1.82, 2.24) is 9.97 Å². The van der Waals surface area contributed by atoms with Gasteiger partial charge in [0.25, 0.3) is 0 Å². The van der Waals surface area contributed by atoms with Gasteiger partial charge in [-0.2, -0.15) is 5.26 Å². The van der Waals surface area contributed by atoms with Crippen molar-refractivity contribution in [3.05, 3.63) is 58.7 Å². The number of primary amides is 1. The second-order valence-electron chi connectivity index (χ2n) is 10.4. The van der Waals surface area contributed by atoms with Gasteiger partial charge in [-0.15, -0.1) is 0 Å². The molecule has 1 saturated heterocycles. The van der Waals surface area contributed by atoms with Crippen LogP contribution in [0.2, 0.25) is 0 Å². The number of nitriles is 1. The Bertz CT molecular complexity index is 1350. The Labute approximate surface area is 205 Å². The zero-order valence-electron chi connectivity index (χ0n) is 20.1. The summed E-state index contributed by atoms with van der Waals surface area (Å²) in [6, 6.07) is 7.50. The van der Waals surface area contributed by atoms with Gasteiger partial charge in [0.2, 0.25) is 11.7 Å². The Balaban J connectivity index is 1.76. The predicted molar refractivity (Wildman–Crippen MR) is 132 cm³/mol. The van der Waals surface area contributed by atoms with E-state index in [1.54, 1.807) is 6.07 Å². The van der Waals surface area contributed by atoms with Gasteiger partial charge in [-0.25, -0.2) is 13.4 Å². The Morgan fingerprint density at radius 1 is 1.20 bits per heavy atom. The summed E-state index contributed by atoms with van der Waals surface area (Å²) >= 11 is 0. The Morgan fingerprint density at radius 3 is 2.49 bits per heavy atom. The Hall–Kier alpha value is -3.25. The third kappa shape index (κ3) is 5.08. The van der Waals surface area contributed by atoms with Crippen LogP contribution < -0.4 is 5.73 Å². The Morgan fingerprint density at radius 2 is 1.91 bits per heavy atom. The number of aromatic amines is 1. The molecule has 3 N–H and O–H groups in total. The maximum atomic E-state index is 12.9. The number of carbonyl (C=O) groups is 2. The standard InChI is InChI=1S/C26H30N4O4S/c1-25(2)7-5-17(6-8-25)21-14-19(26(24(28)32)9-11-35(33,34)12-10-26)4-3-18(21)13-22(31)23-29-16-20(15-27)30-23/h3-5,14,16H,6-13H2,1-2H3,(H2,28,32)(H,29,30). The minimum atomic E-state index is -3.19. The lowest BCUT2D eigenvalue weighted by atomic mass is 9.72. The first-order chi connectivity index (χ1) is 16.4. The van der Waals surface area contributed by atoms with E-state index in [1.165, 1.54) is 6.20 Å². The van der Waals surface area contributed by atoms with Crippen LogP contribution in [0.3, 0.4) is 0 Å². The number of hydrogen-bond acceptors (Lipinski definition) is 6. The van der Waals surface area contributed by atoms with Crippen LogP contribution >= 0.6 is 0 Å². The van der Waals surface area contributed by atoms with Crippen molar-refractivity contribution >= 4 is 27.1 Å². The molecule has 2 aromatic rings. The van der Waals surface area contributed by atoms with Crippen LogP contribution in [0.15, 0.2) is 30.5 Å². The third-order valence-electron chi connectivity index (χ3n) is 7.44. The van der Waals surface area contributed by atoms with Crippen LogP contribution in [0.1, 0.15) is 79.0 Å². The van der Waals surface area contributed by atoms with E-state index >= 15 is 0 Å². The molecule has 4 rings (SSSR count). The SMILES string of the molecule is CC1(C)CC=C(c2cc(C3(C(N)=O)CCS(=O)(=O)CC3)ccc2CC(=O)c2ncc(C#N)[nH]2)CC1. The molecular formula is C26H30N4O4S. The van der Waals surface area contributed by atoms with E-state index in [1.807, 2.05) is 18.2 Å². The van der Waals surface area contributed by atoms with Gasteiger partial charge in [0.05, 0.1) is 23.1 Å². The van der Waals surface area contributed by atoms with E-state index in [4.69, 9.17) is 11.0 Å². The number of nitrogens with one attached hydrogen (secondary N) is 1. The molecule has 1 fully saturated rings. The fourth-order valence-corrected chi connectivity index (χ4v) is 6.51. The molecule has 8 nitrogen and oxygen atoms in total. The van der Waals surface area contributed by atoms with Gasteiger partial charge in [-0.3, -0.25) is 9.59 Å². The molecule has 184 valence electrons. The molecule has 1 aromatic carbocycles. The zero-order valence-corrected chi connectivity index (χ0v) is 20.9. The highest BCUT2D eigenvalue weighted by Crippen LogP contribution is 2.42. The average Bonchev–Trinajstić information content (AvgIpc) is 3.29. The second kappa shape index (κ2) is 9.08. The van der Waals surface area contributed by atoms with Crippen molar-refractivity contribution in [2.24, 2.45) is 11.1 Å². The predicted octanol–water partition coefficient (Wildman–Crippen LogP) is 3.23. The number of carbonyl (C=O) groups excluding carboxylic acids is 2. The van der Waals surface area contributed by atoms with Crippen LogP contribution in [0.25, 0.3) is 5.57 Å². The first kappa shape index (κ1) is 24.9. The van der Waals surface area contributed by atoms with Crippen LogP contribution in [-0.2, 0) is 26.5 Å². The average molecular weight is 495 g/mol. The van der Waals surface area contributed by atoms with Gasteiger partial charge in [0, 0.05) is 6.42 Å². The quantitative estimate of drug-likeness (QED) is 0.589. The first-order valence-electron chi connectivity index (χ1n) is 11.8. The number of imidazole rings is 1. The van der Waals surface area contributed by atoms with E-state index in [9.17, 15) is 18.0 Å². The fraction of sp³-hybridized carbons (Fsp3) is 0.462. The van der Waals surface area contributed by atoms with Crippen molar-refractivity contribution in [3.8, 4) is 6.07 Å². The second-order valence-corrected chi connectivity index (χ2v) is 12.7. The highest BCUT2D eigenvalue weighted by Gasteiger charge is 2.44. The number of benzene rings is 1. The smallest absolute Gasteiger partial charge is 0.228 e.